The summed E-state index contributed by atoms with van der Waals surface area (Å²) in [5.74, 6) is 1.62. The summed E-state index contributed by atoms with van der Waals surface area (Å²) in [6.45, 7) is 0. The summed E-state index contributed by atoms with van der Waals surface area (Å²) in [5.41, 5.74) is 8.37. The van der Waals surface area contributed by atoms with Crippen LogP contribution < -0.4 is 15.2 Å². The molecule has 0 aliphatic heterocycles. The van der Waals surface area contributed by atoms with Crippen LogP contribution in [0.15, 0.2) is 48.5 Å². The molecule has 2 aromatic carbocycles. The Kier molecular flexibility index (Phi) is 4.42. The van der Waals surface area contributed by atoms with Gasteiger partial charge in [-0.1, -0.05) is 36.4 Å². The third-order valence-electron chi connectivity index (χ3n) is 3.18. The largest absolute Gasteiger partial charge is 0.496 e. The lowest BCUT2D eigenvalue weighted by Gasteiger charge is -2.17. The zero-order valence-electron chi connectivity index (χ0n) is 11.3. The summed E-state index contributed by atoms with van der Waals surface area (Å²) in [6, 6.07) is 15.7. The molecule has 100 valence electrons. The maximum atomic E-state index is 6.26. The number of hydrogen-bond donors (Lipinski definition) is 1. The average Bonchev–Trinajstić information content (AvgIpc) is 2.48. The Morgan fingerprint density at radius 3 is 2.00 bits per heavy atom. The monoisotopic (exact) mass is 257 g/mol. The van der Waals surface area contributed by atoms with Gasteiger partial charge >= 0.3 is 0 Å². The van der Waals surface area contributed by atoms with Crippen LogP contribution in [0, 0.1) is 0 Å². The van der Waals surface area contributed by atoms with Crippen LogP contribution in [0.1, 0.15) is 17.2 Å². The summed E-state index contributed by atoms with van der Waals surface area (Å²) in [4.78, 5) is 0. The Labute approximate surface area is 114 Å². The smallest absolute Gasteiger partial charge is 0.125 e. The maximum absolute atomic E-state index is 6.26. The molecule has 0 amide bonds. The third kappa shape index (κ3) is 3.06. The second-order valence-corrected chi connectivity index (χ2v) is 4.36. The molecule has 2 rings (SSSR count). The van der Waals surface area contributed by atoms with E-state index >= 15 is 0 Å². The summed E-state index contributed by atoms with van der Waals surface area (Å²) in [5, 5.41) is 0. The van der Waals surface area contributed by atoms with E-state index in [0.717, 1.165) is 22.6 Å². The van der Waals surface area contributed by atoms with Crippen molar-refractivity contribution >= 4 is 0 Å². The fraction of sp³-hybridized carbons (Fsp3) is 0.250. The highest BCUT2D eigenvalue weighted by molar-refractivity contribution is 5.45. The van der Waals surface area contributed by atoms with Crippen LogP contribution >= 0.6 is 0 Å². The van der Waals surface area contributed by atoms with E-state index in [1.54, 1.807) is 14.2 Å². The van der Waals surface area contributed by atoms with E-state index in [1.165, 1.54) is 0 Å². The number of hydrogen-bond acceptors (Lipinski definition) is 3. The number of nitrogens with two attached hydrogens (primary N) is 1. The lowest BCUT2D eigenvalue weighted by atomic mass is 9.98. The second kappa shape index (κ2) is 6.25. The molecule has 3 nitrogen and oxygen atoms in total. The van der Waals surface area contributed by atoms with Crippen LogP contribution in [0.3, 0.4) is 0 Å². The highest BCUT2D eigenvalue weighted by Gasteiger charge is 2.14. The molecule has 1 unspecified atom stereocenters. The third-order valence-corrected chi connectivity index (χ3v) is 3.18. The van der Waals surface area contributed by atoms with Crippen molar-refractivity contribution in [1.29, 1.82) is 0 Å². The molecule has 2 aromatic rings. The van der Waals surface area contributed by atoms with Crippen LogP contribution in [0.25, 0.3) is 0 Å². The van der Waals surface area contributed by atoms with E-state index in [4.69, 9.17) is 15.2 Å². The highest BCUT2D eigenvalue weighted by atomic mass is 16.5. The van der Waals surface area contributed by atoms with Gasteiger partial charge in [0.15, 0.2) is 0 Å². The SMILES string of the molecule is COc1cccc(OC)c1CC(N)c1ccccc1. The molecule has 1 atom stereocenters. The minimum Gasteiger partial charge on any atom is -0.496 e. The summed E-state index contributed by atoms with van der Waals surface area (Å²) >= 11 is 0. The molecule has 3 heteroatoms. The van der Waals surface area contributed by atoms with E-state index in [0.29, 0.717) is 6.42 Å². The highest BCUT2D eigenvalue weighted by Crippen LogP contribution is 2.31. The van der Waals surface area contributed by atoms with E-state index in [1.807, 2.05) is 48.5 Å². The van der Waals surface area contributed by atoms with Crippen molar-refractivity contribution in [2.45, 2.75) is 12.5 Å². The molecule has 0 saturated carbocycles. The average molecular weight is 257 g/mol. The van der Waals surface area contributed by atoms with Gasteiger partial charge in [-0.15, -0.1) is 0 Å². The van der Waals surface area contributed by atoms with Crippen molar-refractivity contribution < 1.29 is 9.47 Å². The molecular weight excluding hydrogens is 238 g/mol. The Hall–Kier alpha value is -2.00. The van der Waals surface area contributed by atoms with Gasteiger partial charge in [-0.25, -0.2) is 0 Å². The number of methoxy groups -OCH3 is 2. The molecule has 0 bridgehead atoms. The lowest BCUT2D eigenvalue weighted by Crippen LogP contribution is -2.14. The van der Waals surface area contributed by atoms with Gasteiger partial charge in [-0.3, -0.25) is 0 Å². The first-order valence-electron chi connectivity index (χ1n) is 6.26. The fourth-order valence-electron chi connectivity index (χ4n) is 2.17. The van der Waals surface area contributed by atoms with E-state index in [-0.39, 0.29) is 6.04 Å². The van der Waals surface area contributed by atoms with Crippen molar-refractivity contribution in [2.75, 3.05) is 14.2 Å². The Balaban J connectivity index is 2.27. The van der Waals surface area contributed by atoms with E-state index in [2.05, 4.69) is 0 Å². The molecule has 0 fully saturated rings. The van der Waals surface area contributed by atoms with E-state index in [9.17, 15) is 0 Å². The van der Waals surface area contributed by atoms with Gasteiger partial charge < -0.3 is 15.2 Å². The van der Waals surface area contributed by atoms with Crippen molar-refractivity contribution in [1.82, 2.24) is 0 Å². The Morgan fingerprint density at radius 1 is 0.895 bits per heavy atom. The van der Waals surface area contributed by atoms with Gasteiger partial charge in [0, 0.05) is 11.6 Å². The normalized spacial score (nSPS) is 11.9. The summed E-state index contributed by atoms with van der Waals surface area (Å²) in [6.07, 6.45) is 0.678. The fourth-order valence-corrected chi connectivity index (χ4v) is 2.17. The first-order chi connectivity index (χ1) is 9.26. The van der Waals surface area contributed by atoms with Gasteiger partial charge in [0.1, 0.15) is 11.5 Å². The molecule has 0 aliphatic carbocycles. The maximum Gasteiger partial charge on any atom is 0.125 e. The molecular formula is C16H19NO2. The number of ether oxygens (including phenoxy) is 2. The van der Waals surface area contributed by atoms with Gasteiger partial charge in [0.2, 0.25) is 0 Å². The summed E-state index contributed by atoms with van der Waals surface area (Å²) in [7, 11) is 3.32. The van der Waals surface area contributed by atoms with Gasteiger partial charge in [0.25, 0.3) is 0 Å². The zero-order valence-corrected chi connectivity index (χ0v) is 11.3. The van der Waals surface area contributed by atoms with Crippen LogP contribution in [0.5, 0.6) is 11.5 Å². The Morgan fingerprint density at radius 2 is 1.47 bits per heavy atom. The molecule has 0 radical (unpaired) electrons. The first-order valence-corrected chi connectivity index (χ1v) is 6.26. The van der Waals surface area contributed by atoms with E-state index < -0.39 is 0 Å². The predicted octanol–water partition coefficient (Wildman–Crippen LogP) is 2.95. The molecule has 2 N–H and O–H groups in total. The van der Waals surface area contributed by atoms with Crippen LogP contribution in [-0.2, 0) is 6.42 Å². The molecule has 0 heterocycles. The minimum atomic E-state index is -0.0774. The van der Waals surface area contributed by atoms with Gasteiger partial charge in [0.05, 0.1) is 14.2 Å². The second-order valence-electron chi connectivity index (χ2n) is 4.36. The predicted molar refractivity (Wildman–Crippen MR) is 76.6 cm³/mol. The van der Waals surface area contributed by atoms with Crippen molar-refractivity contribution in [3.8, 4) is 11.5 Å². The molecule has 0 aromatic heterocycles. The quantitative estimate of drug-likeness (QED) is 0.895. The first kappa shape index (κ1) is 13.4. The van der Waals surface area contributed by atoms with Crippen molar-refractivity contribution in [2.24, 2.45) is 5.73 Å². The van der Waals surface area contributed by atoms with Gasteiger partial charge in [-0.05, 0) is 24.1 Å². The van der Waals surface area contributed by atoms with Crippen LogP contribution in [0.4, 0.5) is 0 Å². The molecule has 0 saturated heterocycles. The standard InChI is InChI=1S/C16H19NO2/c1-18-15-9-6-10-16(19-2)13(15)11-14(17)12-7-4-3-5-8-12/h3-10,14H,11,17H2,1-2H3. The minimum absolute atomic E-state index is 0.0774. The van der Waals surface area contributed by atoms with Crippen LogP contribution in [0.2, 0.25) is 0 Å². The molecule has 19 heavy (non-hydrogen) atoms. The Bertz CT molecular complexity index is 503. The summed E-state index contributed by atoms with van der Waals surface area (Å²) < 4.78 is 10.8. The van der Waals surface area contributed by atoms with Crippen molar-refractivity contribution in [3.05, 3.63) is 59.7 Å². The topological polar surface area (TPSA) is 44.5 Å². The van der Waals surface area contributed by atoms with Gasteiger partial charge in [-0.2, -0.15) is 0 Å². The van der Waals surface area contributed by atoms with Crippen LogP contribution in [-0.4, -0.2) is 14.2 Å². The number of benzene rings is 2. The lowest BCUT2D eigenvalue weighted by molar-refractivity contribution is 0.383. The zero-order chi connectivity index (χ0) is 13.7. The molecule has 0 spiro atoms. The molecule has 0 aliphatic rings. The van der Waals surface area contributed by atoms with Crippen molar-refractivity contribution in [3.63, 3.8) is 0 Å². The number of rotatable bonds is 5.